The van der Waals surface area contributed by atoms with E-state index in [4.69, 9.17) is 27.9 Å². The number of aromatic nitrogens is 1. The van der Waals surface area contributed by atoms with Gasteiger partial charge >= 0.3 is 6.09 Å². The number of nitrogens with zero attached hydrogens (tertiary/aromatic N) is 2. The number of hydrogen-bond donors (Lipinski definition) is 1. The lowest BCUT2D eigenvalue weighted by Crippen LogP contribution is -2.30. The summed E-state index contributed by atoms with van der Waals surface area (Å²) in [6, 6.07) is 8.00. The zero-order valence-electron chi connectivity index (χ0n) is 13.1. The van der Waals surface area contributed by atoms with E-state index in [9.17, 15) is 9.18 Å². The summed E-state index contributed by atoms with van der Waals surface area (Å²) in [6.45, 7) is 0.408. The van der Waals surface area contributed by atoms with Crippen LogP contribution in [0.15, 0.2) is 35.3 Å². The lowest BCUT2D eigenvalue weighted by Gasteiger charge is -2.08. The molecule has 1 amide bonds. The lowest BCUT2D eigenvalue weighted by atomic mass is 10.2. The van der Waals surface area contributed by atoms with Gasteiger partial charge in [0.25, 0.3) is 0 Å². The van der Waals surface area contributed by atoms with Gasteiger partial charge < -0.3 is 10.1 Å². The van der Waals surface area contributed by atoms with Gasteiger partial charge in [-0.2, -0.15) is 4.39 Å². The van der Waals surface area contributed by atoms with E-state index in [0.717, 1.165) is 5.56 Å². The fourth-order valence-electron chi connectivity index (χ4n) is 2.41. The van der Waals surface area contributed by atoms with Gasteiger partial charge in [0.05, 0.1) is 24.5 Å². The minimum Gasteiger partial charge on any atom is -0.449 e. The number of nitrogens with one attached hydrogen (secondary N) is 1. The number of fused-ring (bicyclic) bond motifs is 1. The van der Waals surface area contributed by atoms with E-state index >= 15 is 0 Å². The standard InChI is InChI=1S/C17H14Cl2FN3O2/c18-11-2-1-10(13(19)7-11)5-6-25-17(24)21-9-12-8-15-14(22-12)3-4-16(20)23-15/h1-4,7H,5-6,8-9H2,(H,21,24). The van der Waals surface area contributed by atoms with Crippen LogP contribution >= 0.6 is 23.2 Å². The van der Waals surface area contributed by atoms with Crippen molar-refractivity contribution in [1.82, 2.24) is 10.3 Å². The zero-order valence-corrected chi connectivity index (χ0v) is 14.6. The van der Waals surface area contributed by atoms with Crippen molar-refractivity contribution in [1.29, 1.82) is 0 Å². The Hall–Kier alpha value is -2.18. The van der Waals surface area contributed by atoms with Gasteiger partial charge in [-0.1, -0.05) is 29.3 Å². The van der Waals surface area contributed by atoms with Crippen LogP contribution in [0.25, 0.3) is 0 Å². The summed E-state index contributed by atoms with van der Waals surface area (Å²) >= 11 is 11.9. The van der Waals surface area contributed by atoms with Gasteiger partial charge in [0, 0.05) is 28.6 Å². The first-order valence-corrected chi connectivity index (χ1v) is 8.33. The number of hydrogen-bond acceptors (Lipinski definition) is 4. The van der Waals surface area contributed by atoms with Crippen LogP contribution in [0.2, 0.25) is 10.0 Å². The van der Waals surface area contributed by atoms with E-state index in [-0.39, 0.29) is 13.2 Å². The van der Waals surface area contributed by atoms with Crippen molar-refractivity contribution < 1.29 is 13.9 Å². The number of pyridine rings is 1. The van der Waals surface area contributed by atoms with Gasteiger partial charge in [-0.3, -0.25) is 4.99 Å². The van der Waals surface area contributed by atoms with Crippen LogP contribution < -0.4 is 5.32 Å². The van der Waals surface area contributed by atoms with Crippen LogP contribution in [0.1, 0.15) is 11.3 Å². The summed E-state index contributed by atoms with van der Waals surface area (Å²) in [6.07, 6.45) is 0.343. The third-order valence-corrected chi connectivity index (χ3v) is 4.21. The van der Waals surface area contributed by atoms with Crippen LogP contribution in [0, 0.1) is 5.95 Å². The minimum absolute atomic E-state index is 0.187. The molecular formula is C17H14Cl2FN3O2. The molecule has 0 atom stereocenters. The largest absolute Gasteiger partial charge is 0.449 e. The first-order valence-electron chi connectivity index (χ1n) is 7.57. The Morgan fingerprint density at radius 1 is 1.28 bits per heavy atom. The van der Waals surface area contributed by atoms with Crippen LogP contribution in [-0.2, 0) is 17.6 Å². The third-order valence-electron chi connectivity index (χ3n) is 3.62. The lowest BCUT2D eigenvalue weighted by molar-refractivity contribution is 0.149. The molecule has 0 spiro atoms. The van der Waals surface area contributed by atoms with Crippen molar-refractivity contribution in [3.63, 3.8) is 0 Å². The summed E-state index contributed by atoms with van der Waals surface area (Å²) in [7, 11) is 0. The third kappa shape index (κ3) is 4.67. The van der Waals surface area contributed by atoms with Crippen molar-refractivity contribution in [2.75, 3.05) is 13.2 Å². The van der Waals surface area contributed by atoms with Crippen molar-refractivity contribution in [3.8, 4) is 0 Å². The Labute approximate surface area is 153 Å². The highest BCUT2D eigenvalue weighted by molar-refractivity contribution is 6.35. The monoisotopic (exact) mass is 381 g/mol. The van der Waals surface area contributed by atoms with Crippen molar-refractivity contribution >= 4 is 40.7 Å². The number of carbonyl (C=O) groups is 1. The first kappa shape index (κ1) is 17.6. The summed E-state index contributed by atoms with van der Waals surface area (Å²) in [5.74, 6) is -0.538. The molecule has 8 heteroatoms. The molecule has 130 valence electrons. The summed E-state index contributed by atoms with van der Waals surface area (Å²) < 4.78 is 18.2. The molecule has 25 heavy (non-hydrogen) atoms. The van der Waals surface area contributed by atoms with Gasteiger partial charge in [-0.15, -0.1) is 0 Å². The number of ether oxygens (including phenoxy) is 1. The smallest absolute Gasteiger partial charge is 0.407 e. The van der Waals surface area contributed by atoms with Gasteiger partial charge in [0.15, 0.2) is 0 Å². The number of aliphatic imine (C=N–C) groups is 1. The van der Waals surface area contributed by atoms with Crippen molar-refractivity contribution in [2.45, 2.75) is 12.8 Å². The molecule has 0 unspecified atom stereocenters. The fourth-order valence-corrected chi connectivity index (χ4v) is 2.91. The maximum absolute atomic E-state index is 13.1. The van der Waals surface area contributed by atoms with E-state index in [1.807, 2.05) is 0 Å². The van der Waals surface area contributed by atoms with E-state index < -0.39 is 12.0 Å². The first-order chi connectivity index (χ1) is 12.0. The fraction of sp³-hybridized carbons (Fsp3) is 0.235. The van der Waals surface area contributed by atoms with E-state index in [0.29, 0.717) is 40.0 Å². The predicted molar refractivity (Wildman–Crippen MR) is 94.5 cm³/mol. The zero-order chi connectivity index (χ0) is 17.8. The van der Waals surface area contributed by atoms with Gasteiger partial charge in [-0.05, 0) is 29.8 Å². The predicted octanol–water partition coefficient (Wildman–Crippen LogP) is 4.13. The Kier molecular flexibility index (Phi) is 5.50. The minimum atomic E-state index is -0.553. The summed E-state index contributed by atoms with van der Waals surface area (Å²) in [5.41, 5.74) is 2.75. The van der Waals surface area contributed by atoms with Crippen LogP contribution in [0.3, 0.4) is 0 Å². The van der Waals surface area contributed by atoms with Gasteiger partial charge in [-0.25, -0.2) is 9.78 Å². The molecule has 0 fully saturated rings. The quantitative estimate of drug-likeness (QED) is 0.792. The highest BCUT2D eigenvalue weighted by Gasteiger charge is 2.17. The number of amides is 1. The molecule has 1 aliphatic rings. The molecule has 5 nitrogen and oxygen atoms in total. The molecule has 3 rings (SSSR count). The molecule has 0 saturated carbocycles. The van der Waals surface area contributed by atoms with E-state index in [1.54, 1.807) is 24.3 Å². The molecule has 0 radical (unpaired) electrons. The average molecular weight is 382 g/mol. The Morgan fingerprint density at radius 3 is 2.92 bits per heavy atom. The molecule has 0 aliphatic carbocycles. The molecule has 1 N–H and O–H groups in total. The molecule has 2 aromatic rings. The SMILES string of the molecule is O=C(NCC1=Nc2ccc(F)nc2C1)OCCc1ccc(Cl)cc1Cl. The summed E-state index contributed by atoms with van der Waals surface area (Å²) in [4.78, 5) is 19.8. The molecular weight excluding hydrogens is 368 g/mol. The Balaban J connectivity index is 1.42. The van der Waals surface area contributed by atoms with Crippen LogP contribution in [0.4, 0.5) is 14.9 Å². The maximum atomic E-state index is 13.1. The van der Waals surface area contributed by atoms with Gasteiger partial charge in [0.1, 0.15) is 0 Å². The van der Waals surface area contributed by atoms with Crippen molar-refractivity contribution in [2.24, 2.45) is 4.99 Å². The molecule has 2 heterocycles. The molecule has 0 bridgehead atoms. The topological polar surface area (TPSA) is 63.6 Å². The normalized spacial score (nSPS) is 12.5. The number of alkyl carbamates (subject to hydrolysis) is 1. The molecule has 1 aromatic carbocycles. The van der Waals surface area contributed by atoms with E-state index in [1.165, 1.54) is 6.07 Å². The van der Waals surface area contributed by atoms with E-state index in [2.05, 4.69) is 15.3 Å². The second-order valence-electron chi connectivity index (χ2n) is 5.43. The molecule has 0 saturated heterocycles. The number of benzene rings is 1. The number of rotatable bonds is 5. The number of halogens is 3. The van der Waals surface area contributed by atoms with Gasteiger partial charge in [0.2, 0.25) is 5.95 Å². The van der Waals surface area contributed by atoms with Crippen molar-refractivity contribution in [3.05, 3.63) is 57.6 Å². The highest BCUT2D eigenvalue weighted by Crippen LogP contribution is 2.24. The second-order valence-corrected chi connectivity index (χ2v) is 6.27. The molecule has 1 aromatic heterocycles. The average Bonchev–Trinajstić information content (AvgIpc) is 2.97. The van der Waals surface area contributed by atoms with Crippen LogP contribution in [0.5, 0.6) is 0 Å². The highest BCUT2D eigenvalue weighted by atomic mass is 35.5. The molecule has 1 aliphatic heterocycles. The Bertz CT molecular complexity index is 843. The number of carbonyl (C=O) groups excluding carboxylic acids is 1. The maximum Gasteiger partial charge on any atom is 0.407 e. The Morgan fingerprint density at radius 2 is 2.12 bits per heavy atom. The van der Waals surface area contributed by atoms with Crippen LogP contribution in [-0.4, -0.2) is 29.9 Å². The second kappa shape index (κ2) is 7.80. The summed E-state index contributed by atoms with van der Waals surface area (Å²) in [5, 5.41) is 3.71.